The molecule has 1 saturated carbocycles. The van der Waals surface area contributed by atoms with Gasteiger partial charge in [-0.25, -0.2) is 0 Å². The fraction of sp³-hybridized carbons (Fsp3) is 0.923. The molecule has 0 spiro atoms. The SMILES string of the molecule is C[C@H]1C[C@@H](C(=O)N(C)CCC2CC2)CCN1. The van der Waals surface area contributed by atoms with Crippen molar-refractivity contribution in [2.24, 2.45) is 11.8 Å². The number of rotatable bonds is 4. The predicted molar refractivity (Wildman–Crippen MR) is 65.2 cm³/mol. The van der Waals surface area contributed by atoms with Gasteiger partial charge >= 0.3 is 0 Å². The lowest BCUT2D eigenvalue weighted by molar-refractivity contribution is -0.135. The van der Waals surface area contributed by atoms with Gasteiger partial charge in [-0.05, 0) is 38.6 Å². The van der Waals surface area contributed by atoms with Crippen LogP contribution >= 0.6 is 0 Å². The van der Waals surface area contributed by atoms with Gasteiger partial charge in [-0.15, -0.1) is 0 Å². The minimum Gasteiger partial charge on any atom is -0.346 e. The van der Waals surface area contributed by atoms with Gasteiger partial charge in [0.25, 0.3) is 0 Å². The quantitative estimate of drug-likeness (QED) is 0.787. The van der Waals surface area contributed by atoms with E-state index in [0.717, 1.165) is 31.8 Å². The smallest absolute Gasteiger partial charge is 0.225 e. The standard InChI is InChI=1S/C13H24N2O/c1-10-9-12(5-7-14-10)13(16)15(2)8-6-11-3-4-11/h10-12,14H,3-9H2,1-2H3/t10-,12-/m0/s1. The molecule has 0 aromatic heterocycles. The predicted octanol–water partition coefficient (Wildman–Crippen LogP) is 1.63. The minimum absolute atomic E-state index is 0.264. The van der Waals surface area contributed by atoms with Crippen molar-refractivity contribution in [3.63, 3.8) is 0 Å². The maximum absolute atomic E-state index is 12.2. The van der Waals surface area contributed by atoms with E-state index in [1.807, 2.05) is 11.9 Å². The van der Waals surface area contributed by atoms with Crippen LogP contribution in [0.1, 0.15) is 39.0 Å². The highest BCUT2D eigenvalue weighted by molar-refractivity contribution is 5.78. The van der Waals surface area contributed by atoms with Gasteiger partial charge in [0.1, 0.15) is 0 Å². The van der Waals surface area contributed by atoms with E-state index in [1.54, 1.807) is 0 Å². The Morgan fingerprint density at radius 1 is 1.38 bits per heavy atom. The van der Waals surface area contributed by atoms with Crippen molar-refractivity contribution in [2.75, 3.05) is 20.1 Å². The highest BCUT2D eigenvalue weighted by Crippen LogP contribution is 2.32. The molecule has 0 aromatic carbocycles. The number of carbonyl (C=O) groups is 1. The van der Waals surface area contributed by atoms with E-state index in [9.17, 15) is 4.79 Å². The number of amides is 1. The van der Waals surface area contributed by atoms with Crippen LogP contribution in [0, 0.1) is 11.8 Å². The molecule has 2 rings (SSSR count). The summed E-state index contributed by atoms with van der Waals surface area (Å²) < 4.78 is 0. The molecule has 0 radical (unpaired) electrons. The van der Waals surface area contributed by atoms with Crippen LogP contribution in [-0.2, 0) is 4.79 Å². The minimum atomic E-state index is 0.264. The Labute approximate surface area is 98.6 Å². The van der Waals surface area contributed by atoms with Gasteiger partial charge in [0.2, 0.25) is 5.91 Å². The van der Waals surface area contributed by atoms with Crippen LogP contribution in [0.4, 0.5) is 0 Å². The molecule has 1 N–H and O–H groups in total. The first kappa shape index (κ1) is 11.9. The lowest BCUT2D eigenvalue weighted by Crippen LogP contribution is -2.43. The first-order valence-electron chi connectivity index (χ1n) is 6.65. The second-order valence-electron chi connectivity index (χ2n) is 5.57. The van der Waals surface area contributed by atoms with Crippen molar-refractivity contribution in [1.82, 2.24) is 10.2 Å². The first-order valence-corrected chi connectivity index (χ1v) is 6.65. The van der Waals surface area contributed by atoms with Crippen molar-refractivity contribution < 1.29 is 4.79 Å². The fourth-order valence-electron chi connectivity index (χ4n) is 2.56. The first-order chi connectivity index (χ1) is 7.66. The molecular weight excluding hydrogens is 200 g/mol. The van der Waals surface area contributed by atoms with Crippen LogP contribution in [0.3, 0.4) is 0 Å². The molecule has 0 unspecified atom stereocenters. The molecule has 2 aliphatic rings. The second-order valence-corrected chi connectivity index (χ2v) is 5.57. The normalized spacial score (nSPS) is 30.1. The van der Waals surface area contributed by atoms with Gasteiger partial charge in [-0.3, -0.25) is 4.79 Å². The Bertz CT molecular complexity index is 250. The van der Waals surface area contributed by atoms with Gasteiger partial charge in [0.15, 0.2) is 0 Å². The molecule has 1 aliphatic heterocycles. The van der Waals surface area contributed by atoms with E-state index in [2.05, 4.69) is 12.2 Å². The van der Waals surface area contributed by atoms with Crippen LogP contribution in [0.5, 0.6) is 0 Å². The summed E-state index contributed by atoms with van der Waals surface area (Å²) in [7, 11) is 1.97. The summed E-state index contributed by atoms with van der Waals surface area (Å²) in [5.41, 5.74) is 0. The summed E-state index contributed by atoms with van der Waals surface area (Å²) in [4.78, 5) is 14.1. The summed E-state index contributed by atoms with van der Waals surface area (Å²) in [6, 6.07) is 0.500. The number of hydrogen-bond acceptors (Lipinski definition) is 2. The lowest BCUT2D eigenvalue weighted by atomic mass is 9.92. The summed E-state index contributed by atoms with van der Waals surface area (Å²) in [5.74, 6) is 1.55. The van der Waals surface area contributed by atoms with Crippen molar-refractivity contribution in [1.29, 1.82) is 0 Å². The average Bonchev–Trinajstić information content (AvgIpc) is 3.08. The fourth-order valence-corrected chi connectivity index (χ4v) is 2.56. The number of nitrogens with zero attached hydrogens (tertiary/aromatic N) is 1. The lowest BCUT2D eigenvalue weighted by Gasteiger charge is -2.30. The Morgan fingerprint density at radius 3 is 2.75 bits per heavy atom. The molecular formula is C13H24N2O. The van der Waals surface area contributed by atoms with Crippen LogP contribution in [0.25, 0.3) is 0 Å². The highest BCUT2D eigenvalue weighted by atomic mass is 16.2. The number of hydrogen-bond donors (Lipinski definition) is 1. The summed E-state index contributed by atoms with van der Waals surface area (Å²) in [6.07, 6.45) is 5.99. The summed E-state index contributed by atoms with van der Waals surface area (Å²) in [5, 5.41) is 3.40. The molecule has 0 aromatic rings. The van der Waals surface area contributed by atoms with Crippen LogP contribution < -0.4 is 5.32 Å². The van der Waals surface area contributed by atoms with Gasteiger partial charge in [-0.1, -0.05) is 12.8 Å². The van der Waals surface area contributed by atoms with Crippen LogP contribution in [0.15, 0.2) is 0 Å². The molecule has 0 bridgehead atoms. The Morgan fingerprint density at radius 2 is 2.12 bits per heavy atom. The zero-order valence-electron chi connectivity index (χ0n) is 10.5. The summed E-state index contributed by atoms with van der Waals surface area (Å²) >= 11 is 0. The van der Waals surface area contributed by atoms with Gasteiger partial charge in [-0.2, -0.15) is 0 Å². The number of carbonyl (C=O) groups excluding carboxylic acids is 1. The van der Waals surface area contributed by atoms with Crippen LogP contribution in [0.2, 0.25) is 0 Å². The molecule has 1 amide bonds. The van der Waals surface area contributed by atoms with Gasteiger partial charge in [0, 0.05) is 25.6 Å². The molecule has 92 valence electrons. The largest absolute Gasteiger partial charge is 0.346 e. The molecule has 2 atom stereocenters. The molecule has 1 heterocycles. The van der Waals surface area contributed by atoms with E-state index in [-0.39, 0.29) is 5.92 Å². The molecule has 2 fully saturated rings. The van der Waals surface area contributed by atoms with E-state index in [4.69, 9.17) is 0 Å². The van der Waals surface area contributed by atoms with Crippen molar-refractivity contribution in [3.8, 4) is 0 Å². The molecule has 1 saturated heterocycles. The Kier molecular flexibility index (Phi) is 3.85. The van der Waals surface area contributed by atoms with E-state index < -0.39 is 0 Å². The zero-order valence-corrected chi connectivity index (χ0v) is 10.5. The van der Waals surface area contributed by atoms with Crippen LogP contribution in [-0.4, -0.2) is 37.0 Å². The van der Waals surface area contributed by atoms with E-state index >= 15 is 0 Å². The molecule has 3 nitrogen and oxygen atoms in total. The second kappa shape index (κ2) is 5.17. The molecule has 3 heteroatoms. The van der Waals surface area contributed by atoms with Gasteiger partial charge in [0.05, 0.1) is 0 Å². The third-order valence-electron chi connectivity index (χ3n) is 3.92. The maximum Gasteiger partial charge on any atom is 0.225 e. The summed E-state index contributed by atoms with van der Waals surface area (Å²) in [6.45, 7) is 4.12. The van der Waals surface area contributed by atoms with Crippen molar-refractivity contribution in [3.05, 3.63) is 0 Å². The third kappa shape index (κ3) is 3.21. The molecule has 16 heavy (non-hydrogen) atoms. The van der Waals surface area contributed by atoms with E-state index in [0.29, 0.717) is 11.9 Å². The Hall–Kier alpha value is -0.570. The molecule has 1 aliphatic carbocycles. The van der Waals surface area contributed by atoms with Crippen molar-refractivity contribution in [2.45, 2.75) is 45.1 Å². The third-order valence-corrected chi connectivity index (χ3v) is 3.92. The number of piperidine rings is 1. The maximum atomic E-state index is 12.2. The Balaban J connectivity index is 1.75. The van der Waals surface area contributed by atoms with Crippen molar-refractivity contribution >= 4 is 5.91 Å². The van der Waals surface area contributed by atoms with Gasteiger partial charge < -0.3 is 10.2 Å². The topological polar surface area (TPSA) is 32.3 Å². The monoisotopic (exact) mass is 224 g/mol. The average molecular weight is 224 g/mol. The van der Waals surface area contributed by atoms with E-state index in [1.165, 1.54) is 19.3 Å². The highest BCUT2D eigenvalue weighted by Gasteiger charge is 2.28. The zero-order chi connectivity index (χ0) is 11.5. The number of nitrogens with one attached hydrogen (secondary N) is 1.